The molecule has 4 rings (SSSR count). The molecule has 0 atom stereocenters. The van der Waals surface area contributed by atoms with Crippen molar-refractivity contribution in [2.75, 3.05) is 45.8 Å². The highest BCUT2D eigenvalue weighted by Crippen LogP contribution is 2.52. The lowest BCUT2D eigenvalue weighted by molar-refractivity contribution is -0.0203. The van der Waals surface area contributed by atoms with Crippen molar-refractivity contribution >= 4 is 0 Å². The lowest BCUT2D eigenvalue weighted by Crippen LogP contribution is -2.51. The van der Waals surface area contributed by atoms with Gasteiger partial charge in [0.1, 0.15) is 0 Å². The van der Waals surface area contributed by atoms with E-state index in [-0.39, 0.29) is 0 Å². The fraction of sp³-hybridized carbons (Fsp3) is 1.00. The minimum absolute atomic E-state index is 0.706. The van der Waals surface area contributed by atoms with Crippen LogP contribution in [0.15, 0.2) is 0 Å². The van der Waals surface area contributed by atoms with Gasteiger partial charge in [-0.1, -0.05) is 0 Å². The summed E-state index contributed by atoms with van der Waals surface area (Å²) >= 11 is 0. The van der Waals surface area contributed by atoms with Gasteiger partial charge < -0.3 is 15.1 Å². The van der Waals surface area contributed by atoms with Gasteiger partial charge in [0.2, 0.25) is 0 Å². The average Bonchev–Trinajstić information content (AvgIpc) is 2.57. The Balaban J connectivity index is 1.19. The van der Waals surface area contributed by atoms with Gasteiger partial charge in [-0.25, -0.2) is 0 Å². The Bertz CT molecular complexity index is 401. The van der Waals surface area contributed by atoms with Crippen LogP contribution in [0.5, 0.6) is 0 Å². The topological polar surface area (TPSA) is 18.5 Å². The zero-order valence-corrected chi connectivity index (χ0v) is 16.2. The van der Waals surface area contributed by atoms with Crippen molar-refractivity contribution < 1.29 is 0 Å². The molecule has 0 aromatic carbocycles. The Hall–Kier alpha value is -0.120. The van der Waals surface area contributed by atoms with Gasteiger partial charge in [-0.05, 0) is 121 Å². The van der Waals surface area contributed by atoms with Gasteiger partial charge in [-0.3, -0.25) is 0 Å². The van der Waals surface area contributed by atoms with E-state index in [1.807, 2.05) is 0 Å². The maximum Gasteiger partial charge on any atom is 0.00385 e. The van der Waals surface area contributed by atoms with Gasteiger partial charge in [0.05, 0.1) is 0 Å². The number of nitrogens with one attached hydrogen (secondary N) is 1. The van der Waals surface area contributed by atoms with Crippen LogP contribution in [0.25, 0.3) is 0 Å². The average molecular weight is 334 g/mol. The predicted octanol–water partition coefficient (Wildman–Crippen LogP) is 3.35. The molecule has 0 aromatic rings. The molecule has 1 N–H and O–H groups in total. The Morgan fingerprint density at radius 2 is 1.42 bits per heavy atom. The number of hydrogen-bond donors (Lipinski definition) is 1. The Morgan fingerprint density at radius 3 is 2.00 bits per heavy atom. The molecule has 3 nitrogen and oxygen atoms in total. The number of hydrogen-bond acceptors (Lipinski definition) is 3. The molecule has 3 heteroatoms. The summed E-state index contributed by atoms with van der Waals surface area (Å²) in [5.41, 5.74) is 1.47. The summed E-state index contributed by atoms with van der Waals surface area (Å²) < 4.78 is 0. The van der Waals surface area contributed by atoms with Crippen molar-refractivity contribution in [3.05, 3.63) is 0 Å². The molecule has 138 valence electrons. The Labute approximate surface area is 149 Å². The first-order valence-corrected chi connectivity index (χ1v) is 10.8. The molecule has 24 heavy (non-hydrogen) atoms. The first kappa shape index (κ1) is 17.3. The van der Waals surface area contributed by atoms with Gasteiger partial charge in [0, 0.05) is 12.6 Å². The molecule has 3 aliphatic heterocycles. The second-order valence-corrected chi connectivity index (χ2v) is 9.95. The van der Waals surface area contributed by atoms with Gasteiger partial charge >= 0.3 is 0 Å². The molecule has 2 spiro atoms. The maximum absolute atomic E-state index is 3.53. The quantitative estimate of drug-likeness (QED) is 0.854. The smallest absolute Gasteiger partial charge is 0.00385 e. The van der Waals surface area contributed by atoms with E-state index < -0.39 is 0 Å². The third-order valence-electron chi connectivity index (χ3n) is 8.13. The summed E-state index contributed by atoms with van der Waals surface area (Å²) in [6, 6.07) is 0.739. The van der Waals surface area contributed by atoms with E-state index in [0.717, 1.165) is 17.4 Å². The molecule has 0 radical (unpaired) electrons. The number of piperidine rings is 3. The van der Waals surface area contributed by atoms with E-state index >= 15 is 0 Å². The molecule has 0 amide bonds. The molecule has 0 aromatic heterocycles. The van der Waals surface area contributed by atoms with Crippen LogP contribution in [0.4, 0.5) is 0 Å². The van der Waals surface area contributed by atoms with Crippen molar-refractivity contribution in [1.82, 2.24) is 15.1 Å². The fourth-order valence-electron chi connectivity index (χ4n) is 6.25. The van der Waals surface area contributed by atoms with Crippen molar-refractivity contribution in [2.45, 2.75) is 71.3 Å². The SMILES string of the molecule is CC(C)N1CCC2(CCN(CC3CC4(CCNCC4)C3)CC2)CC1. The number of rotatable bonds is 3. The van der Waals surface area contributed by atoms with Crippen molar-refractivity contribution in [3.63, 3.8) is 0 Å². The fourth-order valence-corrected chi connectivity index (χ4v) is 6.25. The summed E-state index contributed by atoms with van der Waals surface area (Å²) in [6.45, 7) is 14.1. The third kappa shape index (κ3) is 3.54. The van der Waals surface area contributed by atoms with E-state index in [1.54, 1.807) is 0 Å². The van der Waals surface area contributed by atoms with Gasteiger partial charge in [0.15, 0.2) is 0 Å². The summed E-state index contributed by atoms with van der Waals surface area (Å²) in [5, 5.41) is 3.53. The molecule has 0 unspecified atom stereocenters. The summed E-state index contributed by atoms with van der Waals surface area (Å²) in [7, 11) is 0. The van der Waals surface area contributed by atoms with E-state index in [4.69, 9.17) is 0 Å². The van der Waals surface area contributed by atoms with Crippen LogP contribution in [-0.4, -0.2) is 61.7 Å². The molecule has 0 bridgehead atoms. The third-order valence-corrected chi connectivity index (χ3v) is 8.13. The van der Waals surface area contributed by atoms with Crippen LogP contribution in [-0.2, 0) is 0 Å². The standard InChI is InChI=1S/C21H39N3/c1-18(2)24-13-7-20(8-14-24)5-11-23(12-6-20)17-19-15-21(16-19)3-9-22-10-4-21/h18-19,22H,3-17H2,1-2H3. The van der Waals surface area contributed by atoms with Crippen molar-refractivity contribution in [1.29, 1.82) is 0 Å². The first-order chi connectivity index (χ1) is 11.6. The molecule has 3 saturated heterocycles. The highest BCUT2D eigenvalue weighted by atomic mass is 15.2. The van der Waals surface area contributed by atoms with Crippen LogP contribution in [0.3, 0.4) is 0 Å². The zero-order chi connectivity index (χ0) is 16.6. The molecule has 4 fully saturated rings. The first-order valence-electron chi connectivity index (χ1n) is 10.8. The van der Waals surface area contributed by atoms with Gasteiger partial charge in [-0.2, -0.15) is 0 Å². The molecular weight excluding hydrogens is 294 g/mol. The minimum atomic E-state index is 0.706. The second kappa shape index (κ2) is 6.89. The number of likely N-dealkylation sites (tertiary alicyclic amines) is 2. The van der Waals surface area contributed by atoms with E-state index in [0.29, 0.717) is 5.41 Å². The Kier molecular flexibility index (Phi) is 4.96. The monoisotopic (exact) mass is 333 g/mol. The lowest BCUT2D eigenvalue weighted by atomic mass is 9.57. The summed E-state index contributed by atoms with van der Waals surface area (Å²) in [6.07, 6.45) is 11.8. The van der Waals surface area contributed by atoms with Crippen LogP contribution in [0.1, 0.15) is 65.2 Å². The molecular formula is C21H39N3. The summed E-state index contributed by atoms with van der Waals surface area (Å²) in [5.74, 6) is 1.01. The lowest BCUT2D eigenvalue weighted by Gasteiger charge is -2.53. The second-order valence-electron chi connectivity index (χ2n) is 9.95. The van der Waals surface area contributed by atoms with Crippen LogP contribution in [0, 0.1) is 16.7 Å². The van der Waals surface area contributed by atoms with E-state index in [2.05, 4.69) is 29.0 Å². The molecule has 4 aliphatic rings. The Morgan fingerprint density at radius 1 is 0.833 bits per heavy atom. The predicted molar refractivity (Wildman–Crippen MR) is 101 cm³/mol. The zero-order valence-electron chi connectivity index (χ0n) is 16.2. The van der Waals surface area contributed by atoms with E-state index in [9.17, 15) is 0 Å². The van der Waals surface area contributed by atoms with E-state index in [1.165, 1.54) is 97.2 Å². The largest absolute Gasteiger partial charge is 0.317 e. The van der Waals surface area contributed by atoms with Gasteiger partial charge in [-0.15, -0.1) is 0 Å². The highest BCUT2D eigenvalue weighted by molar-refractivity contribution is 4.98. The van der Waals surface area contributed by atoms with Crippen LogP contribution < -0.4 is 5.32 Å². The highest BCUT2D eigenvalue weighted by Gasteiger charge is 2.45. The normalized spacial score (nSPS) is 31.6. The molecule has 1 saturated carbocycles. The number of nitrogens with zero attached hydrogens (tertiary/aromatic N) is 2. The van der Waals surface area contributed by atoms with Gasteiger partial charge in [0.25, 0.3) is 0 Å². The van der Waals surface area contributed by atoms with Crippen LogP contribution in [0.2, 0.25) is 0 Å². The molecule has 3 heterocycles. The van der Waals surface area contributed by atoms with Crippen LogP contribution >= 0.6 is 0 Å². The maximum atomic E-state index is 3.53. The minimum Gasteiger partial charge on any atom is -0.317 e. The summed E-state index contributed by atoms with van der Waals surface area (Å²) in [4.78, 5) is 5.50. The molecule has 1 aliphatic carbocycles. The van der Waals surface area contributed by atoms with Crippen molar-refractivity contribution in [2.24, 2.45) is 16.7 Å². The van der Waals surface area contributed by atoms with Crippen molar-refractivity contribution in [3.8, 4) is 0 Å².